The van der Waals surface area contributed by atoms with E-state index in [2.05, 4.69) is 38.0 Å². The van der Waals surface area contributed by atoms with Crippen molar-refractivity contribution in [1.29, 1.82) is 0 Å². The SMILES string of the molecule is C=CCn1c(CNC(=O)c2ccccc2Br)n[nH]c1=S. The van der Waals surface area contributed by atoms with E-state index in [9.17, 15) is 4.79 Å². The predicted octanol–water partition coefficient (Wildman–Crippen LogP) is 2.82. The average Bonchev–Trinajstić information content (AvgIpc) is 2.78. The molecule has 0 aliphatic carbocycles. The Morgan fingerprint density at radius 2 is 2.30 bits per heavy atom. The first-order valence-electron chi connectivity index (χ1n) is 5.91. The van der Waals surface area contributed by atoms with Crippen LogP contribution in [-0.2, 0) is 13.1 Å². The monoisotopic (exact) mass is 352 g/mol. The van der Waals surface area contributed by atoms with Gasteiger partial charge in [0.15, 0.2) is 10.6 Å². The first-order chi connectivity index (χ1) is 9.63. The van der Waals surface area contributed by atoms with Crippen LogP contribution in [0.4, 0.5) is 0 Å². The van der Waals surface area contributed by atoms with Crippen molar-refractivity contribution in [3.63, 3.8) is 0 Å². The molecular weight excluding hydrogens is 340 g/mol. The molecule has 104 valence electrons. The minimum absolute atomic E-state index is 0.170. The van der Waals surface area contributed by atoms with Gasteiger partial charge in [-0.1, -0.05) is 18.2 Å². The molecule has 0 radical (unpaired) electrons. The third-order valence-electron chi connectivity index (χ3n) is 2.67. The fraction of sp³-hybridized carbons (Fsp3) is 0.154. The number of hydrogen-bond donors (Lipinski definition) is 2. The van der Waals surface area contributed by atoms with Crippen molar-refractivity contribution >= 4 is 34.1 Å². The number of amides is 1. The van der Waals surface area contributed by atoms with Gasteiger partial charge >= 0.3 is 0 Å². The molecule has 0 fully saturated rings. The number of nitrogens with zero attached hydrogens (tertiary/aromatic N) is 2. The largest absolute Gasteiger partial charge is 0.345 e. The van der Waals surface area contributed by atoms with Crippen LogP contribution in [0.15, 0.2) is 41.4 Å². The zero-order valence-electron chi connectivity index (χ0n) is 10.6. The van der Waals surface area contributed by atoms with Crippen molar-refractivity contribution in [2.24, 2.45) is 0 Å². The summed E-state index contributed by atoms with van der Waals surface area (Å²) in [6.07, 6.45) is 1.73. The summed E-state index contributed by atoms with van der Waals surface area (Å²) in [4.78, 5) is 12.1. The molecule has 1 aromatic heterocycles. The van der Waals surface area contributed by atoms with Crippen LogP contribution in [0.3, 0.4) is 0 Å². The maximum absolute atomic E-state index is 12.1. The molecule has 7 heteroatoms. The van der Waals surface area contributed by atoms with E-state index in [4.69, 9.17) is 12.2 Å². The van der Waals surface area contributed by atoms with E-state index >= 15 is 0 Å². The van der Waals surface area contributed by atoms with Crippen LogP contribution in [0.25, 0.3) is 0 Å². The molecule has 0 bridgehead atoms. The molecule has 2 rings (SSSR count). The van der Waals surface area contributed by atoms with Crippen LogP contribution in [0.2, 0.25) is 0 Å². The number of H-pyrrole nitrogens is 1. The van der Waals surface area contributed by atoms with Gasteiger partial charge in [-0.2, -0.15) is 5.10 Å². The molecule has 0 saturated carbocycles. The number of nitrogens with one attached hydrogen (secondary N) is 2. The zero-order chi connectivity index (χ0) is 14.5. The van der Waals surface area contributed by atoms with Crippen LogP contribution < -0.4 is 5.32 Å². The lowest BCUT2D eigenvalue weighted by molar-refractivity contribution is 0.0948. The van der Waals surface area contributed by atoms with E-state index in [0.717, 1.165) is 4.47 Å². The van der Waals surface area contributed by atoms with E-state index in [1.54, 1.807) is 16.7 Å². The molecule has 2 N–H and O–H groups in total. The Labute approximate surface area is 129 Å². The maximum Gasteiger partial charge on any atom is 0.252 e. The molecule has 1 heterocycles. The van der Waals surface area contributed by atoms with Crippen molar-refractivity contribution in [2.45, 2.75) is 13.1 Å². The Bertz CT molecular complexity index is 692. The van der Waals surface area contributed by atoms with Gasteiger partial charge in [-0.15, -0.1) is 6.58 Å². The summed E-state index contributed by atoms with van der Waals surface area (Å²) in [6, 6.07) is 7.24. The normalized spacial score (nSPS) is 10.2. The van der Waals surface area contributed by atoms with Gasteiger partial charge in [0.1, 0.15) is 0 Å². The van der Waals surface area contributed by atoms with Crippen molar-refractivity contribution in [2.75, 3.05) is 0 Å². The summed E-state index contributed by atoms with van der Waals surface area (Å²) in [5, 5.41) is 9.61. The number of halogens is 1. The number of allylic oxidation sites excluding steroid dienone is 1. The van der Waals surface area contributed by atoms with Gasteiger partial charge in [-0.3, -0.25) is 14.5 Å². The highest BCUT2D eigenvalue weighted by Crippen LogP contribution is 2.15. The fourth-order valence-corrected chi connectivity index (χ4v) is 2.39. The number of hydrogen-bond acceptors (Lipinski definition) is 3. The van der Waals surface area contributed by atoms with Crippen molar-refractivity contribution in [1.82, 2.24) is 20.1 Å². The number of carbonyl (C=O) groups excluding carboxylic acids is 1. The Morgan fingerprint density at radius 3 is 3.00 bits per heavy atom. The van der Waals surface area contributed by atoms with E-state index in [-0.39, 0.29) is 5.91 Å². The highest BCUT2D eigenvalue weighted by molar-refractivity contribution is 9.10. The van der Waals surface area contributed by atoms with Crippen LogP contribution in [0.5, 0.6) is 0 Å². The summed E-state index contributed by atoms with van der Waals surface area (Å²) in [6.45, 7) is 4.51. The molecule has 0 spiro atoms. The quantitative estimate of drug-likeness (QED) is 0.642. The van der Waals surface area contributed by atoms with Crippen molar-refractivity contribution in [3.8, 4) is 0 Å². The average molecular weight is 353 g/mol. The van der Waals surface area contributed by atoms with Crippen LogP contribution >= 0.6 is 28.1 Å². The van der Waals surface area contributed by atoms with Gasteiger partial charge in [0.2, 0.25) is 0 Å². The topological polar surface area (TPSA) is 62.7 Å². The lowest BCUT2D eigenvalue weighted by Gasteiger charge is -2.07. The molecule has 0 unspecified atom stereocenters. The number of carbonyl (C=O) groups is 1. The molecule has 5 nitrogen and oxygen atoms in total. The van der Waals surface area contributed by atoms with Gasteiger partial charge in [0, 0.05) is 11.0 Å². The Kier molecular flexibility index (Phi) is 4.86. The third-order valence-corrected chi connectivity index (χ3v) is 3.68. The summed E-state index contributed by atoms with van der Waals surface area (Å²) in [7, 11) is 0. The van der Waals surface area contributed by atoms with E-state index < -0.39 is 0 Å². The van der Waals surface area contributed by atoms with E-state index in [1.165, 1.54) is 0 Å². The maximum atomic E-state index is 12.1. The summed E-state index contributed by atoms with van der Waals surface area (Å²) in [5.74, 6) is 0.492. The van der Waals surface area contributed by atoms with Gasteiger partial charge in [-0.25, -0.2) is 0 Å². The molecule has 1 aromatic carbocycles. The molecule has 0 aliphatic rings. The second-order valence-electron chi connectivity index (χ2n) is 4.01. The van der Waals surface area contributed by atoms with E-state index in [0.29, 0.717) is 29.2 Å². The summed E-state index contributed by atoms with van der Waals surface area (Å²) in [5.41, 5.74) is 0.580. The van der Waals surface area contributed by atoms with Crippen molar-refractivity contribution in [3.05, 3.63) is 57.6 Å². The Hall–Kier alpha value is -1.73. The molecule has 0 saturated heterocycles. The zero-order valence-corrected chi connectivity index (χ0v) is 13.0. The third kappa shape index (κ3) is 3.23. The molecule has 2 aromatic rings. The smallest absolute Gasteiger partial charge is 0.252 e. The minimum Gasteiger partial charge on any atom is -0.345 e. The number of rotatable bonds is 5. The lowest BCUT2D eigenvalue weighted by Crippen LogP contribution is -2.25. The molecule has 20 heavy (non-hydrogen) atoms. The van der Waals surface area contributed by atoms with Gasteiger partial charge in [0.05, 0.1) is 12.1 Å². The van der Waals surface area contributed by atoms with Gasteiger partial charge in [0.25, 0.3) is 5.91 Å². The van der Waals surface area contributed by atoms with Crippen molar-refractivity contribution < 1.29 is 4.79 Å². The number of aromatic amines is 1. The predicted molar refractivity (Wildman–Crippen MR) is 82.9 cm³/mol. The van der Waals surface area contributed by atoms with Gasteiger partial charge < -0.3 is 5.32 Å². The van der Waals surface area contributed by atoms with E-state index in [1.807, 2.05) is 18.2 Å². The van der Waals surface area contributed by atoms with Gasteiger partial charge in [-0.05, 0) is 40.3 Å². The summed E-state index contributed by atoms with van der Waals surface area (Å²) >= 11 is 8.46. The summed E-state index contributed by atoms with van der Waals surface area (Å²) < 4.78 is 3.04. The minimum atomic E-state index is -0.170. The highest BCUT2D eigenvalue weighted by atomic mass is 79.9. The second kappa shape index (κ2) is 6.62. The molecule has 0 aliphatic heterocycles. The number of benzene rings is 1. The molecule has 0 atom stereocenters. The molecular formula is C13H13BrN4OS. The van der Waals surface area contributed by atoms with Crippen LogP contribution in [0.1, 0.15) is 16.2 Å². The van der Waals surface area contributed by atoms with Crippen LogP contribution in [-0.4, -0.2) is 20.7 Å². The van der Waals surface area contributed by atoms with Crippen LogP contribution in [0, 0.1) is 4.77 Å². The first kappa shape index (κ1) is 14.7. The fourth-order valence-electron chi connectivity index (χ4n) is 1.70. The lowest BCUT2D eigenvalue weighted by atomic mass is 10.2. The Balaban J connectivity index is 2.10. The number of aromatic nitrogens is 3. The highest BCUT2D eigenvalue weighted by Gasteiger charge is 2.11. The first-order valence-corrected chi connectivity index (χ1v) is 7.11. The molecule has 1 amide bonds. The Morgan fingerprint density at radius 1 is 1.55 bits per heavy atom. The standard InChI is InChI=1S/C13H13BrN4OS/c1-2-7-18-11(16-17-13(18)20)8-15-12(19)9-5-3-4-6-10(9)14/h2-6H,1,7-8H2,(H,15,19)(H,17,20). The second-order valence-corrected chi connectivity index (χ2v) is 5.25.